The van der Waals surface area contributed by atoms with Crippen LogP contribution in [0.25, 0.3) is 0 Å². The van der Waals surface area contributed by atoms with E-state index in [9.17, 15) is 9.18 Å². The Kier molecular flexibility index (Phi) is 4.12. The molecule has 0 radical (unpaired) electrons. The van der Waals surface area contributed by atoms with E-state index in [1.165, 1.54) is 20.3 Å². The van der Waals surface area contributed by atoms with Crippen LogP contribution in [-0.2, 0) is 0 Å². The maximum absolute atomic E-state index is 14.1. The van der Waals surface area contributed by atoms with Crippen molar-refractivity contribution in [2.24, 2.45) is 0 Å². The third-order valence-electron chi connectivity index (χ3n) is 3.21. The van der Waals surface area contributed by atoms with Gasteiger partial charge in [-0.3, -0.25) is 4.79 Å². The molecule has 21 heavy (non-hydrogen) atoms. The lowest BCUT2D eigenvalue weighted by Crippen LogP contribution is -2.08. The third kappa shape index (κ3) is 2.81. The fourth-order valence-corrected chi connectivity index (χ4v) is 2.11. The van der Waals surface area contributed by atoms with E-state index in [2.05, 4.69) is 0 Å². The number of nitrogens with two attached hydrogens (primary N) is 1. The van der Waals surface area contributed by atoms with Crippen LogP contribution >= 0.6 is 0 Å². The summed E-state index contributed by atoms with van der Waals surface area (Å²) < 4.78 is 24.2. The largest absolute Gasteiger partial charge is 0.493 e. The van der Waals surface area contributed by atoms with Gasteiger partial charge in [0.15, 0.2) is 17.3 Å². The van der Waals surface area contributed by atoms with Crippen LogP contribution in [0.1, 0.15) is 21.5 Å². The average Bonchev–Trinajstić information content (AvgIpc) is 2.46. The van der Waals surface area contributed by atoms with E-state index in [0.717, 1.165) is 6.07 Å². The minimum Gasteiger partial charge on any atom is -0.493 e. The predicted molar refractivity (Wildman–Crippen MR) is 78.5 cm³/mol. The maximum Gasteiger partial charge on any atom is 0.196 e. The van der Waals surface area contributed by atoms with E-state index in [4.69, 9.17) is 15.2 Å². The molecule has 0 bridgehead atoms. The molecule has 0 atom stereocenters. The summed E-state index contributed by atoms with van der Waals surface area (Å²) in [6.45, 7) is 1.75. The molecule has 0 aliphatic rings. The van der Waals surface area contributed by atoms with Crippen LogP contribution in [0, 0.1) is 12.7 Å². The number of aryl methyl sites for hydroxylation is 1. The summed E-state index contributed by atoms with van der Waals surface area (Å²) in [5, 5.41) is 0. The minimum absolute atomic E-state index is 0.0690. The molecule has 2 aromatic carbocycles. The molecule has 0 aromatic heterocycles. The zero-order valence-electron chi connectivity index (χ0n) is 12.1. The quantitative estimate of drug-likeness (QED) is 0.694. The van der Waals surface area contributed by atoms with Crippen LogP contribution in [0.15, 0.2) is 30.3 Å². The zero-order chi connectivity index (χ0) is 15.6. The molecule has 2 N–H and O–H groups in total. The highest BCUT2D eigenvalue weighted by atomic mass is 19.1. The van der Waals surface area contributed by atoms with E-state index in [1.807, 2.05) is 0 Å². The zero-order valence-corrected chi connectivity index (χ0v) is 12.1. The molecule has 5 heteroatoms. The molecule has 0 heterocycles. The lowest BCUT2D eigenvalue weighted by Gasteiger charge is -2.11. The number of hydrogen-bond acceptors (Lipinski definition) is 4. The number of ether oxygens (including phenoxy) is 2. The van der Waals surface area contributed by atoms with Gasteiger partial charge in [-0.25, -0.2) is 4.39 Å². The molecular weight excluding hydrogens is 273 g/mol. The predicted octanol–water partition coefficient (Wildman–Crippen LogP) is 2.96. The van der Waals surface area contributed by atoms with Gasteiger partial charge in [0.1, 0.15) is 5.82 Å². The highest BCUT2D eigenvalue weighted by molar-refractivity contribution is 6.10. The van der Waals surface area contributed by atoms with Crippen LogP contribution in [0.3, 0.4) is 0 Å². The average molecular weight is 289 g/mol. The Morgan fingerprint density at radius 3 is 2.24 bits per heavy atom. The lowest BCUT2D eigenvalue weighted by molar-refractivity contribution is 0.103. The first-order valence-corrected chi connectivity index (χ1v) is 6.30. The molecule has 0 saturated carbocycles. The SMILES string of the molecule is COc1cc(F)c(C(=O)c2ccc(N)cc2C)cc1OC. The summed E-state index contributed by atoms with van der Waals surface area (Å²) in [4.78, 5) is 12.5. The Bertz CT molecular complexity index is 698. The van der Waals surface area contributed by atoms with E-state index >= 15 is 0 Å². The fraction of sp³-hybridized carbons (Fsp3) is 0.188. The van der Waals surface area contributed by atoms with Crippen molar-refractivity contribution in [2.75, 3.05) is 20.0 Å². The number of carbonyl (C=O) groups is 1. The van der Waals surface area contributed by atoms with Crippen molar-refractivity contribution < 1.29 is 18.7 Å². The second-order valence-corrected chi connectivity index (χ2v) is 4.59. The molecule has 2 rings (SSSR count). The number of halogens is 1. The van der Waals surface area contributed by atoms with Crippen LogP contribution in [-0.4, -0.2) is 20.0 Å². The Morgan fingerprint density at radius 1 is 1.05 bits per heavy atom. The van der Waals surface area contributed by atoms with Gasteiger partial charge in [-0.15, -0.1) is 0 Å². The number of anilines is 1. The van der Waals surface area contributed by atoms with E-state index in [-0.39, 0.29) is 11.3 Å². The van der Waals surface area contributed by atoms with Crippen LogP contribution in [0.2, 0.25) is 0 Å². The minimum atomic E-state index is -0.658. The first kappa shape index (κ1) is 14.8. The van der Waals surface area contributed by atoms with Crippen molar-refractivity contribution in [2.45, 2.75) is 6.92 Å². The van der Waals surface area contributed by atoms with Gasteiger partial charge in [0.25, 0.3) is 0 Å². The van der Waals surface area contributed by atoms with Crippen LogP contribution in [0.4, 0.5) is 10.1 Å². The lowest BCUT2D eigenvalue weighted by atomic mass is 9.98. The highest BCUT2D eigenvalue weighted by Crippen LogP contribution is 2.31. The monoisotopic (exact) mass is 289 g/mol. The molecule has 4 nitrogen and oxygen atoms in total. The van der Waals surface area contributed by atoms with Gasteiger partial charge in [-0.2, -0.15) is 0 Å². The van der Waals surface area contributed by atoms with Gasteiger partial charge in [0, 0.05) is 17.3 Å². The number of benzene rings is 2. The Morgan fingerprint density at radius 2 is 1.67 bits per heavy atom. The third-order valence-corrected chi connectivity index (χ3v) is 3.21. The van der Waals surface area contributed by atoms with Gasteiger partial charge in [-0.05, 0) is 36.8 Å². The fourth-order valence-electron chi connectivity index (χ4n) is 2.11. The van der Waals surface area contributed by atoms with Crippen LogP contribution in [0.5, 0.6) is 11.5 Å². The smallest absolute Gasteiger partial charge is 0.196 e. The summed E-state index contributed by atoms with van der Waals surface area (Å²) in [5.74, 6) is -0.546. The van der Waals surface area contributed by atoms with Crippen molar-refractivity contribution in [3.05, 3.63) is 52.8 Å². The molecule has 110 valence electrons. The Hall–Kier alpha value is -2.56. The Labute approximate surface area is 122 Å². The molecule has 0 fully saturated rings. The molecule has 2 aromatic rings. The number of nitrogen functional groups attached to an aromatic ring is 1. The summed E-state index contributed by atoms with van der Waals surface area (Å²) in [7, 11) is 2.83. The number of carbonyl (C=O) groups excluding carboxylic acids is 1. The first-order chi connectivity index (χ1) is 9.97. The topological polar surface area (TPSA) is 61.5 Å². The van der Waals surface area contributed by atoms with E-state index in [1.54, 1.807) is 25.1 Å². The first-order valence-electron chi connectivity index (χ1n) is 6.30. The van der Waals surface area contributed by atoms with Gasteiger partial charge in [0.2, 0.25) is 0 Å². The number of methoxy groups -OCH3 is 2. The van der Waals surface area contributed by atoms with Gasteiger partial charge >= 0.3 is 0 Å². The van der Waals surface area contributed by atoms with Gasteiger partial charge < -0.3 is 15.2 Å². The summed E-state index contributed by atoms with van der Waals surface area (Å²) >= 11 is 0. The summed E-state index contributed by atoms with van der Waals surface area (Å²) in [6.07, 6.45) is 0. The van der Waals surface area contributed by atoms with Gasteiger partial charge in [-0.1, -0.05) is 0 Å². The second-order valence-electron chi connectivity index (χ2n) is 4.59. The number of hydrogen-bond donors (Lipinski definition) is 1. The molecule has 0 aliphatic carbocycles. The second kappa shape index (κ2) is 5.83. The van der Waals surface area contributed by atoms with Gasteiger partial charge in [0.05, 0.1) is 19.8 Å². The maximum atomic E-state index is 14.1. The van der Waals surface area contributed by atoms with Crippen LogP contribution < -0.4 is 15.2 Å². The molecule has 0 aliphatic heterocycles. The normalized spacial score (nSPS) is 10.3. The Balaban J connectivity index is 2.53. The van der Waals surface area contributed by atoms with Crippen molar-refractivity contribution in [3.8, 4) is 11.5 Å². The van der Waals surface area contributed by atoms with E-state index < -0.39 is 11.6 Å². The summed E-state index contributed by atoms with van der Waals surface area (Å²) in [6, 6.07) is 7.35. The molecular formula is C16H16FNO3. The van der Waals surface area contributed by atoms with Crippen molar-refractivity contribution in [3.63, 3.8) is 0 Å². The molecule has 0 saturated heterocycles. The summed E-state index contributed by atoms with van der Waals surface area (Å²) in [5.41, 5.74) is 7.23. The number of rotatable bonds is 4. The van der Waals surface area contributed by atoms with Crippen molar-refractivity contribution in [1.29, 1.82) is 0 Å². The molecule has 0 spiro atoms. The number of ketones is 1. The van der Waals surface area contributed by atoms with Crippen molar-refractivity contribution in [1.82, 2.24) is 0 Å². The standard InChI is InChI=1S/C16H16FNO3/c1-9-6-10(18)4-5-11(9)16(19)12-7-14(20-2)15(21-3)8-13(12)17/h4-8H,18H2,1-3H3. The van der Waals surface area contributed by atoms with E-state index in [0.29, 0.717) is 22.6 Å². The molecule has 0 unspecified atom stereocenters. The van der Waals surface area contributed by atoms with Crippen molar-refractivity contribution >= 4 is 11.5 Å². The molecule has 0 amide bonds. The highest BCUT2D eigenvalue weighted by Gasteiger charge is 2.19.